The van der Waals surface area contributed by atoms with Crippen LogP contribution in [0, 0.1) is 4.77 Å². The summed E-state index contributed by atoms with van der Waals surface area (Å²) in [7, 11) is -1.07. The van der Waals surface area contributed by atoms with Crippen molar-refractivity contribution >= 4 is 28.6 Å². The highest BCUT2D eigenvalue weighted by atomic mass is 32.2. The van der Waals surface area contributed by atoms with Crippen molar-refractivity contribution in [3.63, 3.8) is 0 Å². The number of H-pyrrole nitrogens is 1. The third-order valence-corrected chi connectivity index (χ3v) is 4.02. The second-order valence-corrected chi connectivity index (χ2v) is 5.43. The van der Waals surface area contributed by atoms with E-state index in [0.717, 1.165) is 16.7 Å². The number of hydrogen-bond donors (Lipinski definition) is 2. The molecule has 0 saturated heterocycles. The Kier molecular flexibility index (Phi) is 2.85. The van der Waals surface area contributed by atoms with Crippen LogP contribution in [-0.4, -0.2) is 19.3 Å². The van der Waals surface area contributed by atoms with Crippen molar-refractivity contribution in [3.05, 3.63) is 64.6 Å². The van der Waals surface area contributed by atoms with Crippen LogP contribution in [0.1, 0.15) is 17.0 Å². The molecule has 1 aromatic heterocycles. The van der Waals surface area contributed by atoms with Crippen LogP contribution in [0.15, 0.2) is 42.8 Å². The minimum absolute atomic E-state index is 0.593. The Bertz CT molecular complexity index is 780. The average molecular weight is 271 g/mol. The number of fused-ring (bicyclic) bond motifs is 2. The Labute approximate surface area is 113 Å². The maximum Gasteiger partial charge on any atom is 0.187 e. The van der Waals surface area contributed by atoms with Gasteiger partial charge in [0.2, 0.25) is 0 Å². The number of aromatic amines is 1. The summed E-state index contributed by atoms with van der Waals surface area (Å²) in [6.07, 6.45) is 3.86. The Balaban J connectivity index is 2.33. The summed E-state index contributed by atoms with van der Waals surface area (Å²) in [5, 5.41) is 8.58. The van der Waals surface area contributed by atoms with Crippen LogP contribution in [0.3, 0.4) is 0 Å². The first-order valence-corrected chi connectivity index (χ1v) is 6.98. The van der Waals surface area contributed by atoms with Crippen molar-refractivity contribution in [3.8, 4) is 0 Å². The lowest BCUT2D eigenvalue weighted by Gasteiger charge is -2.05. The fourth-order valence-corrected chi connectivity index (χ4v) is 2.72. The lowest BCUT2D eigenvalue weighted by atomic mass is 10.0. The zero-order valence-electron chi connectivity index (χ0n) is 10.2. The fraction of sp³-hybridized carbons (Fsp3) is 0. The minimum atomic E-state index is -1.07. The average Bonchev–Trinajstić information content (AvgIpc) is 2.82. The van der Waals surface area contributed by atoms with E-state index in [1.807, 2.05) is 41.1 Å². The summed E-state index contributed by atoms with van der Waals surface area (Å²) in [5.74, 6) is 0.699. The van der Waals surface area contributed by atoms with E-state index in [4.69, 9.17) is 0 Å². The standard InChI is InChI=1S/C14H13N3OS/c1-3-19(18)14-16-15-13-10(2)12-7-5-4-6-11(12)8-9-17(13)14/h3-9,16,18H,1-2H2. The predicted molar refractivity (Wildman–Crippen MR) is 80.0 cm³/mol. The molecule has 2 N–H and O–H groups in total. The van der Waals surface area contributed by atoms with E-state index in [-0.39, 0.29) is 0 Å². The number of nitrogens with zero attached hydrogens (tertiary/aromatic N) is 2. The SMILES string of the molecule is C=CS(O)=c1[nH]nc2n1C=Cc1ccccc1C2=C. The molecule has 2 aromatic rings. The summed E-state index contributed by atoms with van der Waals surface area (Å²) in [6, 6.07) is 8.00. The Morgan fingerprint density at radius 3 is 2.95 bits per heavy atom. The van der Waals surface area contributed by atoms with Gasteiger partial charge in [-0.15, -0.1) is 0 Å². The summed E-state index contributed by atoms with van der Waals surface area (Å²) < 4.78 is 12.3. The molecule has 0 spiro atoms. The summed E-state index contributed by atoms with van der Waals surface area (Å²) in [5.41, 5.74) is 2.95. The van der Waals surface area contributed by atoms with Crippen LogP contribution in [-0.2, 0) is 0 Å². The monoisotopic (exact) mass is 271 g/mol. The second kappa shape index (κ2) is 4.53. The normalized spacial score (nSPS) is 15.4. The first-order chi connectivity index (χ1) is 9.22. The molecule has 0 fully saturated rings. The number of aromatic nitrogens is 3. The van der Waals surface area contributed by atoms with Gasteiger partial charge in [0.25, 0.3) is 0 Å². The van der Waals surface area contributed by atoms with Gasteiger partial charge in [-0.05, 0) is 22.6 Å². The third-order valence-electron chi connectivity index (χ3n) is 3.02. The molecule has 1 atom stereocenters. The molecule has 0 aliphatic carbocycles. The van der Waals surface area contributed by atoms with Gasteiger partial charge in [-0.1, -0.05) is 37.4 Å². The smallest absolute Gasteiger partial charge is 0.187 e. The zero-order chi connectivity index (χ0) is 13.4. The van der Waals surface area contributed by atoms with Crippen molar-refractivity contribution in [1.82, 2.24) is 14.8 Å². The summed E-state index contributed by atoms with van der Waals surface area (Å²) in [4.78, 5) is 0. The van der Waals surface area contributed by atoms with Gasteiger partial charge in [-0.3, -0.25) is 9.67 Å². The molecule has 1 unspecified atom stereocenters. The van der Waals surface area contributed by atoms with Crippen molar-refractivity contribution in [2.45, 2.75) is 0 Å². The van der Waals surface area contributed by atoms with Crippen LogP contribution in [0.5, 0.6) is 0 Å². The van der Waals surface area contributed by atoms with Gasteiger partial charge in [0.1, 0.15) is 0 Å². The molecule has 96 valence electrons. The quantitative estimate of drug-likeness (QED) is 0.664. The molecular weight excluding hydrogens is 258 g/mol. The van der Waals surface area contributed by atoms with Gasteiger partial charge >= 0.3 is 0 Å². The molecule has 2 heterocycles. The van der Waals surface area contributed by atoms with Crippen LogP contribution in [0.25, 0.3) is 17.8 Å². The first-order valence-electron chi connectivity index (χ1n) is 5.74. The maximum absolute atomic E-state index is 9.92. The molecule has 0 amide bonds. The minimum Gasteiger partial charge on any atom is -0.330 e. The van der Waals surface area contributed by atoms with Crippen LogP contribution < -0.4 is 0 Å². The fourth-order valence-electron chi connectivity index (χ4n) is 2.07. The van der Waals surface area contributed by atoms with Crippen LogP contribution in [0.2, 0.25) is 0 Å². The van der Waals surface area contributed by atoms with Gasteiger partial charge in [-0.25, -0.2) is 0 Å². The highest BCUT2D eigenvalue weighted by Gasteiger charge is 2.15. The Morgan fingerprint density at radius 1 is 1.37 bits per heavy atom. The van der Waals surface area contributed by atoms with E-state index >= 15 is 0 Å². The lowest BCUT2D eigenvalue weighted by molar-refractivity contribution is 0.663. The molecule has 0 bridgehead atoms. The second-order valence-electron chi connectivity index (χ2n) is 4.09. The van der Waals surface area contributed by atoms with Gasteiger partial charge in [0.05, 0.1) is 0 Å². The highest BCUT2D eigenvalue weighted by molar-refractivity contribution is 8.06. The molecule has 1 aliphatic rings. The first kappa shape index (κ1) is 12.0. The maximum atomic E-state index is 9.92. The molecule has 1 aliphatic heterocycles. The molecular formula is C14H13N3OS. The molecule has 0 radical (unpaired) electrons. The van der Waals surface area contributed by atoms with Crippen LogP contribution >= 0.6 is 10.8 Å². The van der Waals surface area contributed by atoms with Crippen LogP contribution in [0.4, 0.5) is 0 Å². The largest absolute Gasteiger partial charge is 0.330 e. The zero-order valence-corrected chi connectivity index (χ0v) is 11.0. The van der Waals surface area contributed by atoms with Gasteiger partial charge in [0, 0.05) is 22.5 Å². The van der Waals surface area contributed by atoms with Crippen molar-refractivity contribution in [2.75, 3.05) is 0 Å². The number of hydrogen-bond acceptors (Lipinski definition) is 2. The number of rotatable bonds is 1. The summed E-state index contributed by atoms with van der Waals surface area (Å²) in [6.45, 7) is 7.71. The third kappa shape index (κ3) is 1.83. The highest BCUT2D eigenvalue weighted by Crippen LogP contribution is 2.28. The molecule has 4 nitrogen and oxygen atoms in total. The van der Waals surface area contributed by atoms with Crippen molar-refractivity contribution in [2.24, 2.45) is 0 Å². The predicted octanol–water partition coefficient (Wildman–Crippen LogP) is 3.63. The van der Waals surface area contributed by atoms with E-state index in [9.17, 15) is 4.55 Å². The van der Waals surface area contributed by atoms with E-state index < -0.39 is 10.8 Å². The van der Waals surface area contributed by atoms with E-state index in [2.05, 4.69) is 23.4 Å². The Morgan fingerprint density at radius 2 is 2.16 bits per heavy atom. The molecule has 19 heavy (non-hydrogen) atoms. The Hall–Kier alpha value is -2.11. The van der Waals surface area contributed by atoms with Crippen molar-refractivity contribution in [1.29, 1.82) is 0 Å². The van der Waals surface area contributed by atoms with Crippen molar-refractivity contribution < 1.29 is 4.55 Å². The van der Waals surface area contributed by atoms with E-state index in [1.54, 1.807) is 0 Å². The lowest BCUT2D eigenvalue weighted by Crippen LogP contribution is -1.95. The molecule has 5 heteroatoms. The molecule has 1 aromatic carbocycles. The molecule has 3 rings (SSSR count). The summed E-state index contributed by atoms with van der Waals surface area (Å²) >= 11 is 0. The number of benzene rings is 1. The number of nitrogens with one attached hydrogen (secondary N) is 1. The molecule has 0 saturated carbocycles. The van der Waals surface area contributed by atoms with Gasteiger partial charge < -0.3 is 4.55 Å². The topological polar surface area (TPSA) is 53.8 Å². The van der Waals surface area contributed by atoms with Gasteiger partial charge in [-0.2, -0.15) is 5.10 Å². The van der Waals surface area contributed by atoms with Gasteiger partial charge in [0.15, 0.2) is 10.6 Å². The van der Waals surface area contributed by atoms with E-state index in [1.165, 1.54) is 5.41 Å². The van der Waals surface area contributed by atoms with E-state index in [0.29, 0.717) is 10.6 Å².